The molecule has 3 aliphatic rings. The summed E-state index contributed by atoms with van der Waals surface area (Å²) in [6.07, 6.45) is 8.28. The Balaban J connectivity index is 1.54. The molecule has 5 rings (SSSR count). The number of ether oxygens (including phenoxy) is 3. The van der Waals surface area contributed by atoms with Crippen molar-refractivity contribution in [3.8, 4) is 11.5 Å². The first-order valence-corrected chi connectivity index (χ1v) is 13.0. The van der Waals surface area contributed by atoms with Crippen molar-refractivity contribution in [1.82, 2.24) is 4.98 Å². The van der Waals surface area contributed by atoms with Crippen LogP contribution in [0.15, 0.2) is 41.1 Å². The van der Waals surface area contributed by atoms with Gasteiger partial charge in [0.2, 0.25) is 0 Å². The number of nitrogens with zero attached hydrogens (tertiary/aromatic N) is 2. The number of carbonyl (C=O) groups is 2. The topological polar surface area (TPSA) is 78.0 Å². The molecule has 7 nitrogen and oxygen atoms in total. The van der Waals surface area contributed by atoms with Crippen molar-refractivity contribution in [3.63, 3.8) is 0 Å². The van der Waals surface area contributed by atoms with Gasteiger partial charge in [0, 0.05) is 11.6 Å². The molecular formula is C26H30N2O5S. The Morgan fingerprint density at radius 3 is 2.79 bits per heavy atom. The molecule has 0 N–H and O–H groups in total. The average Bonchev–Trinajstić information content (AvgIpc) is 3.49. The smallest absolute Gasteiger partial charge is 0.296 e. The number of amides is 1. The maximum Gasteiger partial charge on any atom is 0.296 e. The van der Waals surface area contributed by atoms with Crippen LogP contribution < -0.4 is 14.4 Å². The van der Waals surface area contributed by atoms with Crippen LogP contribution >= 0.6 is 11.3 Å². The third-order valence-corrected chi connectivity index (χ3v) is 7.67. The number of benzene rings is 1. The van der Waals surface area contributed by atoms with Crippen LogP contribution in [-0.4, -0.2) is 36.5 Å². The number of methoxy groups -OCH3 is 1. The Morgan fingerprint density at radius 2 is 2.03 bits per heavy atom. The van der Waals surface area contributed by atoms with Gasteiger partial charge in [0.15, 0.2) is 28.2 Å². The summed E-state index contributed by atoms with van der Waals surface area (Å²) in [7, 11) is 1.60. The molecule has 2 aliphatic heterocycles. The summed E-state index contributed by atoms with van der Waals surface area (Å²) in [5, 5.41) is 2.37. The highest BCUT2D eigenvalue weighted by Gasteiger charge is 2.53. The summed E-state index contributed by atoms with van der Waals surface area (Å²) in [6.45, 7) is 2.77. The van der Waals surface area contributed by atoms with E-state index in [1.807, 2.05) is 23.6 Å². The van der Waals surface area contributed by atoms with E-state index in [2.05, 4.69) is 11.9 Å². The van der Waals surface area contributed by atoms with Gasteiger partial charge in [-0.25, -0.2) is 4.98 Å². The fraction of sp³-hybridized carbons (Fsp3) is 0.500. The van der Waals surface area contributed by atoms with E-state index < -0.39 is 6.04 Å². The molecule has 3 atom stereocenters. The van der Waals surface area contributed by atoms with Gasteiger partial charge in [-0.2, -0.15) is 0 Å². The first kappa shape index (κ1) is 22.9. The first-order valence-electron chi connectivity index (χ1n) is 12.1. The predicted octanol–water partition coefficient (Wildman–Crippen LogP) is 5.22. The minimum absolute atomic E-state index is 0.0298. The van der Waals surface area contributed by atoms with Crippen molar-refractivity contribution in [2.24, 2.45) is 5.92 Å². The number of Topliss-reactive ketones (excluding diaryl/α,β-unsaturated/α-hetero) is 1. The minimum atomic E-state index is -0.605. The highest BCUT2D eigenvalue weighted by molar-refractivity contribution is 7.13. The molecule has 1 fully saturated rings. The zero-order chi connectivity index (χ0) is 23.7. The molecule has 180 valence electrons. The molecule has 1 aromatic heterocycles. The van der Waals surface area contributed by atoms with Gasteiger partial charge in [-0.3, -0.25) is 14.5 Å². The molecule has 0 spiro atoms. The van der Waals surface area contributed by atoms with Crippen LogP contribution in [0.1, 0.15) is 63.5 Å². The fourth-order valence-corrected chi connectivity index (χ4v) is 5.87. The summed E-state index contributed by atoms with van der Waals surface area (Å²) in [5.74, 6) is 0.956. The standard InChI is InChI=1S/C26H30N2O5S/c1-3-4-7-13-32-19-11-10-16(15-20(19)31-2)22-21-23(29)17-8-5-6-9-18(17)33-24(21)25(30)28(22)26-27-12-14-34-26/h10-12,14-15,17-18,22H,3-9,13H2,1-2H3. The van der Waals surface area contributed by atoms with E-state index in [4.69, 9.17) is 14.2 Å². The lowest BCUT2D eigenvalue weighted by atomic mass is 9.77. The Hall–Kier alpha value is -2.87. The van der Waals surface area contributed by atoms with Crippen molar-refractivity contribution >= 4 is 28.2 Å². The van der Waals surface area contributed by atoms with Gasteiger partial charge in [0.05, 0.1) is 31.2 Å². The molecule has 3 unspecified atom stereocenters. The maximum absolute atomic E-state index is 13.7. The molecule has 0 radical (unpaired) electrons. The number of rotatable bonds is 8. The Labute approximate surface area is 203 Å². The number of anilines is 1. The molecule has 1 saturated carbocycles. The van der Waals surface area contributed by atoms with Crippen molar-refractivity contribution in [3.05, 3.63) is 46.7 Å². The van der Waals surface area contributed by atoms with Gasteiger partial charge in [0.1, 0.15) is 6.10 Å². The van der Waals surface area contributed by atoms with E-state index in [0.717, 1.165) is 50.5 Å². The summed E-state index contributed by atoms with van der Waals surface area (Å²) >= 11 is 1.37. The summed E-state index contributed by atoms with van der Waals surface area (Å²) in [6, 6.07) is 5.03. The second kappa shape index (κ2) is 9.78. The maximum atomic E-state index is 13.7. The molecule has 8 heteroatoms. The second-order valence-electron chi connectivity index (χ2n) is 9.01. The van der Waals surface area contributed by atoms with E-state index >= 15 is 0 Å². The van der Waals surface area contributed by atoms with E-state index in [1.165, 1.54) is 11.3 Å². The minimum Gasteiger partial charge on any atom is -0.493 e. The lowest BCUT2D eigenvalue weighted by molar-refractivity contribution is -0.131. The number of thiazole rings is 1. The first-order chi connectivity index (χ1) is 16.6. The van der Waals surface area contributed by atoms with Crippen LogP contribution in [0.3, 0.4) is 0 Å². The zero-order valence-electron chi connectivity index (χ0n) is 19.6. The molecule has 3 heterocycles. The van der Waals surface area contributed by atoms with Gasteiger partial charge in [0.25, 0.3) is 5.91 Å². The summed E-state index contributed by atoms with van der Waals surface area (Å²) in [5.41, 5.74) is 1.22. The molecule has 0 saturated heterocycles. The van der Waals surface area contributed by atoms with Gasteiger partial charge in [-0.15, -0.1) is 11.3 Å². The Morgan fingerprint density at radius 1 is 1.18 bits per heavy atom. The Bertz CT molecular complexity index is 1100. The molecule has 2 aromatic rings. The van der Waals surface area contributed by atoms with Crippen LogP contribution in [0, 0.1) is 5.92 Å². The van der Waals surface area contributed by atoms with Crippen LogP contribution in [0.25, 0.3) is 0 Å². The largest absolute Gasteiger partial charge is 0.493 e. The zero-order valence-corrected chi connectivity index (χ0v) is 20.4. The fourth-order valence-electron chi connectivity index (χ4n) is 5.20. The number of fused-ring (bicyclic) bond motifs is 1. The van der Waals surface area contributed by atoms with Crippen molar-refractivity contribution in [2.45, 2.75) is 64.0 Å². The van der Waals surface area contributed by atoms with Gasteiger partial charge >= 0.3 is 0 Å². The van der Waals surface area contributed by atoms with Gasteiger partial charge in [-0.1, -0.05) is 32.3 Å². The summed E-state index contributed by atoms with van der Waals surface area (Å²) < 4.78 is 17.8. The molecule has 0 bridgehead atoms. The number of unbranched alkanes of at least 4 members (excludes halogenated alkanes) is 2. The molecule has 1 aromatic carbocycles. The van der Waals surface area contributed by atoms with Crippen molar-refractivity contribution < 1.29 is 23.8 Å². The lowest BCUT2D eigenvalue weighted by Crippen LogP contribution is -2.39. The third-order valence-electron chi connectivity index (χ3n) is 6.90. The quantitative estimate of drug-likeness (QED) is 0.480. The van der Waals surface area contributed by atoms with E-state index in [-0.39, 0.29) is 29.5 Å². The normalized spacial score (nSPS) is 24.1. The van der Waals surface area contributed by atoms with Crippen molar-refractivity contribution in [2.75, 3.05) is 18.6 Å². The van der Waals surface area contributed by atoms with E-state index in [9.17, 15) is 9.59 Å². The number of carbonyl (C=O) groups excluding carboxylic acids is 2. The number of ketones is 1. The number of hydrogen-bond donors (Lipinski definition) is 0. The van der Waals surface area contributed by atoms with Gasteiger partial charge in [-0.05, 0) is 43.4 Å². The monoisotopic (exact) mass is 482 g/mol. The average molecular weight is 483 g/mol. The molecular weight excluding hydrogens is 452 g/mol. The second-order valence-corrected chi connectivity index (χ2v) is 9.89. The summed E-state index contributed by atoms with van der Waals surface area (Å²) in [4.78, 5) is 33.3. The Kier molecular flexibility index (Phi) is 6.59. The lowest BCUT2D eigenvalue weighted by Gasteiger charge is -2.35. The third kappa shape index (κ3) is 3.98. The highest BCUT2D eigenvalue weighted by Crippen LogP contribution is 2.49. The van der Waals surface area contributed by atoms with Crippen molar-refractivity contribution in [1.29, 1.82) is 0 Å². The van der Waals surface area contributed by atoms with Crippen LogP contribution in [0.4, 0.5) is 5.13 Å². The van der Waals surface area contributed by atoms with E-state index in [1.54, 1.807) is 18.2 Å². The molecule has 1 amide bonds. The molecule has 34 heavy (non-hydrogen) atoms. The van der Waals surface area contributed by atoms with Crippen LogP contribution in [0.2, 0.25) is 0 Å². The SMILES string of the molecule is CCCCCOc1ccc(C2C3=C(OC4CCCCC4C3=O)C(=O)N2c2nccs2)cc1OC. The number of aromatic nitrogens is 1. The molecule has 1 aliphatic carbocycles. The van der Waals surface area contributed by atoms with Crippen LogP contribution in [-0.2, 0) is 14.3 Å². The van der Waals surface area contributed by atoms with Crippen LogP contribution in [0.5, 0.6) is 11.5 Å². The highest BCUT2D eigenvalue weighted by atomic mass is 32.1. The van der Waals surface area contributed by atoms with Gasteiger partial charge < -0.3 is 14.2 Å². The van der Waals surface area contributed by atoms with E-state index in [0.29, 0.717) is 28.8 Å². The predicted molar refractivity (Wildman–Crippen MR) is 129 cm³/mol. The number of hydrogen-bond acceptors (Lipinski definition) is 7.